The van der Waals surface area contributed by atoms with Crippen molar-refractivity contribution in [3.05, 3.63) is 0 Å². The zero-order chi connectivity index (χ0) is 14.0. The van der Waals surface area contributed by atoms with E-state index in [1.165, 1.54) is 44.9 Å². The molecule has 3 heteroatoms. The predicted octanol–water partition coefficient (Wildman–Crippen LogP) is 3.57. The highest BCUT2D eigenvalue weighted by molar-refractivity contribution is 4.90. The molecule has 2 unspecified atom stereocenters. The molecular formula is C17H31NO2. The standard InChI is InChI=1S/C17H31NO2/c1-3-14-6-4-5-7-16(14)18(2)15-8-10-17(11-9-15)19-12-13-20-17/h14-16H,3-13H2,1-2H3. The monoisotopic (exact) mass is 281 g/mol. The Morgan fingerprint density at radius 2 is 1.65 bits per heavy atom. The molecule has 3 nitrogen and oxygen atoms in total. The first-order valence-electron chi connectivity index (χ1n) is 8.74. The van der Waals surface area contributed by atoms with Gasteiger partial charge in [-0.15, -0.1) is 0 Å². The third-order valence-electron chi connectivity index (χ3n) is 6.02. The van der Waals surface area contributed by atoms with Crippen LogP contribution in [0.3, 0.4) is 0 Å². The lowest BCUT2D eigenvalue weighted by molar-refractivity contribution is -0.185. The van der Waals surface area contributed by atoms with E-state index in [0.29, 0.717) is 0 Å². The maximum absolute atomic E-state index is 5.86. The van der Waals surface area contributed by atoms with Gasteiger partial charge in [-0.2, -0.15) is 0 Å². The zero-order valence-electron chi connectivity index (χ0n) is 13.3. The highest BCUT2D eigenvalue weighted by Gasteiger charge is 2.42. The lowest BCUT2D eigenvalue weighted by Crippen LogP contribution is -2.49. The minimum atomic E-state index is -0.200. The fourth-order valence-corrected chi connectivity index (χ4v) is 4.71. The first-order valence-corrected chi connectivity index (χ1v) is 8.74. The molecule has 1 aliphatic heterocycles. The lowest BCUT2D eigenvalue weighted by Gasteiger charge is -2.45. The van der Waals surface area contributed by atoms with Crippen LogP contribution in [-0.2, 0) is 9.47 Å². The van der Waals surface area contributed by atoms with Gasteiger partial charge in [0, 0.05) is 24.9 Å². The van der Waals surface area contributed by atoms with E-state index in [2.05, 4.69) is 18.9 Å². The second-order valence-electron chi connectivity index (χ2n) is 7.02. The van der Waals surface area contributed by atoms with Gasteiger partial charge in [0.05, 0.1) is 13.2 Å². The molecule has 0 radical (unpaired) electrons. The molecule has 0 aromatic heterocycles. The summed E-state index contributed by atoms with van der Waals surface area (Å²) in [5.74, 6) is 0.720. The molecule has 0 N–H and O–H groups in total. The molecule has 2 saturated carbocycles. The molecule has 2 atom stereocenters. The summed E-state index contributed by atoms with van der Waals surface area (Å²) in [5.41, 5.74) is 0. The molecule has 0 aromatic rings. The average molecular weight is 281 g/mol. The summed E-state index contributed by atoms with van der Waals surface area (Å²) in [6.07, 6.45) is 11.7. The largest absolute Gasteiger partial charge is 0.348 e. The summed E-state index contributed by atoms with van der Waals surface area (Å²) in [6, 6.07) is 1.56. The summed E-state index contributed by atoms with van der Waals surface area (Å²) in [6.45, 7) is 3.95. The Bertz CT molecular complexity index is 304. The van der Waals surface area contributed by atoms with Crippen molar-refractivity contribution in [1.82, 2.24) is 4.90 Å². The molecule has 0 aromatic carbocycles. The average Bonchev–Trinajstić information content (AvgIpc) is 2.95. The van der Waals surface area contributed by atoms with Gasteiger partial charge in [0.1, 0.15) is 0 Å². The van der Waals surface area contributed by atoms with Gasteiger partial charge in [0.2, 0.25) is 0 Å². The quantitative estimate of drug-likeness (QED) is 0.789. The minimum Gasteiger partial charge on any atom is -0.348 e. The summed E-state index contributed by atoms with van der Waals surface area (Å²) in [4.78, 5) is 2.72. The molecule has 2 aliphatic carbocycles. The third-order valence-corrected chi connectivity index (χ3v) is 6.02. The van der Waals surface area contributed by atoms with Crippen molar-refractivity contribution in [3.8, 4) is 0 Å². The van der Waals surface area contributed by atoms with Gasteiger partial charge in [-0.05, 0) is 38.6 Å². The number of hydrogen-bond acceptors (Lipinski definition) is 3. The Labute approximate surface area is 124 Å². The van der Waals surface area contributed by atoms with Crippen LogP contribution in [0.15, 0.2) is 0 Å². The Morgan fingerprint density at radius 3 is 2.30 bits per heavy atom. The van der Waals surface area contributed by atoms with Crippen molar-refractivity contribution in [2.45, 2.75) is 82.6 Å². The van der Waals surface area contributed by atoms with Gasteiger partial charge >= 0.3 is 0 Å². The smallest absolute Gasteiger partial charge is 0.168 e. The van der Waals surface area contributed by atoms with Crippen LogP contribution >= 0.6 is 0 Å². The maximum Gasteiger partial charge on any atom is 0.168 e. The normalized spacial score (nSPS) is 35.0. The van der Waals surface area contributed by atoms with E-state index in [9.17, 15) is 0 Å². The topological polar surface area (TPSA) is 21.7 Å². The molecule has 1 saturated heterocycles. The highest BCUT2D eigenvalue weighted by atomic mass is 16.7. The van der Waals surface area contributed by atoms with Gasteiger partial charge in [-0.3, -0.25) is 0 Å². The van der Waals surface area contributed by atoms with Gasteiger partial charge in [0.15, 0.2) is 5.79 Å². The number of ether oxygens (including phenoxy) is 2. The van der Waals surface area contributed by atoms with Crippen LogP contribution in [0, 0.1) is 5.92 Å². The van der Waals surface area contributed by atoms with Crippen LogP contribution in [0.4, 0.5) is 0 Å². The van der Waals surface area contributed by atoms with Crippen LogP contribution in [-0.4, -0.2) is 43.0 Å². The Hall–Kier alpha value is -0.120. The second kappa shape index (κ2) is 6.33. The van der Waals surface area contributed by atoms with Crippen LogP contribution < -0.4 is 0 Å². The molecule has 116 valence electrons. The molecule has 20 heavy (non-hydrogen) atoms. The lowest BCUT2D eigenvalue weighted by atomic mass is 9.80. The molecule has 3 fully saturated rings. The van der Waals surface area contributed by atoms with E-state index >= 15 is 0 Å². The fraction of sp³-hybridized carbons (Fsp3) is 1.00. The molecule has 3 aliphatic rings. The van der Waals surface area contributed by atoms with Crippen LogP contribution in [0.1, 0.15) is 64.7 Å². The SMILES string of the molecule is CCC1CCCCC1N(C)C1CCC2(CC1)OCCO2. The van der Waals surface area contributed by atoms with Crippen LogP contribution in [0.25, 0.3) is 0 Å². The van der Waals surface area contributed by atoms with Crippen molar-refractivity contribution in [3.63, 3.8) is 0 Å². The van der Waals surface area contributed by atoms with Crippen molar-refractivity contribution in [2.75, 3.05) is 20.3 Å². The van der Waals surface area contributed by atoms with Crippen LogP contribution in [0.2, 0.25) is 0 Å². The van der Waals surface area contributed by atoms with E-state index < -0.39 is 0 Å². The van der Waals surface area contributed by atoms with E-state index in [0.717, 1.165) is 44.1 Å². The predicted molar refractivity (Wildman–Crippen MR) is 80.7 cm³/mol. The summed E-state index contributed by atoms with van der Waals surface area (Å²) in [7, 11) is 2.37. The molecule has 0 amide bonds. The van der Waals surface area contributed by atoms with E-state index in [1.807, 2.05) is 0 Å². The first kappa shape index (κ1) is 14.8. The fourth-order valence-electron chi connectivity index (χ4n) is 4.71. The Kier molecular flexibility index (Phi) is 4.68. The Morgan fingerprint density at radius 1 is 1.00 bits per heavy atom. The maximum atomic E-state index is 5.86. The second-order valence-corrected chi connectivity index (χ2v) is 7.02. The Balaban J connectivity index is 1.56. The van der Waals surface area contributed by atoms with Crippen molar-refractivity contribution >= 4 is 0 Å². The van der Waals surface area contributed by atoms with E-state index in [4.69, 9.17) is 9.47 Å². The number of nitrogens with zero attached hydrogens (tertiary/aromatic N) is 1. The molecule has 1 spiro atoms. The molecular weight excluding hydrogens is 250 g/mol. The minimum absolute atomic E-state index is 0.200. The van der Waals surface area contributed by atoms with Gasteiger partial charge < -0.3 is 14.4 Å². The highest BCUT2D eigenvalue weighted by Crippen LogP contribution is 2.39. The van der Waals surface area contributed by atoms with Gasteiger partial charge in [0.25, 0.3) is 0 Å². The molecule has 0 bridgehead atoms. The van der Waals surface area contributed by atoms with Crippen LogP contribution in [0.5, 0.6) is 0 Å². The molecule has 1 heterocycles. The van der Waals surface area contributed by atoms with Crippen molar-refractivity contribution in [2.24, 2.45) is 5.92 Å². The van der Waals surface area contributed by atoms with Crippen molar-refractivity contribution in [1.29, 1.82) is 0 Å². The number of hydrogen-bond donors (Lipinski definition) is 0. The van der Waals surface area contributed by atoms with Gasteiger partial charge in [-0.1, -0.05) is 26.2 Å². The first-order chi connectivity index (χ1) is 9.74. The third kappa shape index (κ3) is 2.90. The van der Waals surface area contributed by atoms with Gasteiger partial charge in [-0.25, -0.2) is 0 Å². The summed E-state index contributed by atoms with van der Waals surface area (Å²) in [5, 5.41) is 0. The van der Waals surface area contributed by atoms with E-state index in [-0.39, 0.29) is 5.79 Å². The molecule has 3 rings (SSSR count). The summed E-state index contributed by atoms with van der Waals surface area (Å²) < 4.78 is 11.7. The zero-order valence-corrected chi connectivity index (χ0v) is 13.3. The van der Waals surface area contributed by atoms with Crippen molar-refractivity contribution < 1.29 is 9.47 Å². The number of rotatable bonds is 3. The van der Waals surface area contributed by atoms with E-state index in [1.54, 1.807) is 0 Å². The summed E-state index contributed by atoms with van der Waals surface area (Å²) >= 11 is 0.